The van der Waals surface area contributed by atoms with Gasteiger partial charge in [0.15, 0.2) is 0 Å². The van der Waals surface area contributed by atoms with Crippen molar-refractivity contribution in [1.82, 2.24) is 0 Å². The highest BCUT2D eigenvalue weighted by atomic mass is 32.2. The highest BCUT2D eigenvalue weighted by molar-refractivity contribution is 8.39. The Labute approximate surface area is 70.0 Å². The molecule has 0 aromatic rings. The third-order valence-corrected chi connectivity index (χ3v) is 3.57. The molecule has 2 nitrogen and oxygen atoms in total. The molecule has 0 unspecified atom stereocenters. The van der Waals surface area contributed by atoms with Crippen LogP contribution in [-0.2, 0) is 0 Å². The molecular formula is C6H12N2S2. The summed E-state index contributed by atoms with van der Waals surface area (Å²) in [5.74, 6) is 2.15. The van der Waals surface area contributed by atoms with Gasteiger partial charge in [0.2, 0.25) is 0 Å². The van der Waals surface area contributed by atoms with Crippen molar-refractivity contribution in [2.45, 2.75) is 13.0 Å². The number of rotatable bonds is 2. The lowest BCUT2D eigenvalue weighted by atomic mass is 10.4. The van der Waals surface area contributed by atoms with Gasteiger partial charge in [-0.1, -0.05) is 23.5 Å². The Kier molecular flexibility index (Phi) is 3.59. The molecule has 0 fully saturated rings. The molecule has 0 spiro atoms. The zero-order chi connectivity index (χ0) is 7.40. The smallest absolute Gasteiger partial charge is 0.124 e. The van der Waals surface area contributed by atoms with Gasteiger partial charge in [0.25, 0.3) is 0 Å². The van der Waals surface area contributed by atoms with Crippen LogP contribution in [0.3, 0.4) is 0 Å². The van der Waals surface area contributed by atoms with Gasteiger partial charge < -0.3 is 5.73 Å². The summed E-state index contributed by atoms with van der Waals surface area (Å²) < 4.78 is 1.22. The van der Waals surface area contributed by atoms with Gasteiger partial charge in [0, 0.05) is 17.5 Å². The van der Waals surface area contributed by atoms with Crippen LogP contribution in [-0.4, -0.2) is 28.5 Å². The second kappa shape index (κ2) is 4.26. The molecule has 58 valence electrons. The fourth-order valence-corrected chi connectivity index (χ4v) is 2.52. The predicted octanol–water partition coefficient (Wildman–Crippen LogP) is 1.17. The van der Waals surface area contributed by atoms with Crippen molar-refractivity contribution in [2.24, 2.45) is 10.7 Å². The molecule has 1 heterocycles. The van der Waals surface area contributed by atoms with E-state index >= 15 is 0 Å². The summed E-state index contributed by atoms with van der Waals surface area (Å²) in [5, 5.41) is 0. The van der Waals surface area contributed by atoms with E-state index in [2.05, 4.69) is 4.99 Å². The predicted molar refractivity (Wildman–Crippen MR) is 50.9 cm³/mol. The Hall–Kier alpha value is 0.330. The largest absolute Gasteiger partial charge is 0.327 e. The van der Waals surface area contributed by atoms with E-state index in [1.807, 2.05) is 18.7 Å². The van der Waals surface area contributed by atoms with Crippen LogP contribution in [0.2, 0.25) is 0 Å². The summed E-state index contributed by atoms with van der Waals surface area (Å²) in [4.78, 5) is 4.29. The normalized spacial score (nSPS) is 20.8. The van der Waals surface area contributed by atoms with Crippen molar-refractivity contribution >= 4 is 27.9 Å². The van der Waals surface area contributed by atoms with Crippen LogP contribution < -0.4 is 5.73 Å². The lowest BCUT2D eigenvalue weighted by Gasteiger charge is -2.02. The molecule has 0 amide bonds. The highest BCUT2D eigenvalue weighted by Gasteiger charge is 2.07. The number of thioether (sulfide) groups is 2. The fourth-order valence-electron chi connectivity index (χ4n) is 0.606. The molecule has 0 bridgehead atoms. The first-order valence-electron chi connectivity index (χ1n) is 3.34. The Morgan fingerprint density at radius 2 is 2.70 bits per heavy atom. The van der Waals surface area contributed by atoms with Gasteiger partial charge in [-0.2, -0.15) is 0 Å². The quantitative estimate of drug-likeness (QED) is 0.686. The fraction of sp³-hybridized carbons (Fsp3) is 0.833. The summed E-state index contributed by atoms with van der Waals surface area (Å²) >= 11 is 3.62. The maximum Gasteiger partial charge on any atom is 0.124 e. The van der Waals surface area contributed by atoms with Gasteiger partial charge in [-0.3, -0.25) is 4.99 Å². The maximum atomic E-state index is 5.59. The molecule has 2 N–H and O–H groups in total. The summed E-state index contributed by atoms with van der Waals surface area (Å²) in [5.41, 5.74) is 5.59. The van der Waals surface area contributed by atoms with Gasteiger partial charge in [-0.25, -0.2) is 0 Å². The molecule has 1 aliphatic rings. The Morgan fingerprint density at radius 1 is 1.90 bits per heavy atom. The van der Waals surface area contributed by atoms with Crippen LogP contribution in [0.15, 0.2) is 4.99 Å². The lowest BCUT2D eigenvalue weighted by molar-refractivity contribution is 0.849. The Morgan fingerprint density at radius 3 is 3.20 bits per heavy atom. The van der Waals surface area contributed by atoms with Crippen LogP contribution in [0.1, 0.15) is 6.92 Å². The minimum absolute atomic E-state index is 0.286. The van der Waals surface area contributed by atoms with Gasteiger partial charge >= 0.3 is 0 Å². The summed E-state index contributed by atoms with van der Waals surface area (Å²) in [6.45, 7) is 3.01. The summed E-state index contributed by atoms with van der Waals surface area (Å²) in [7, 11) is 0. The minimum Gasteiger partial charge on any atom is -0.327 e. The van der Waals surface area contributed by atoms with Crippen LogP contribution in [0.5, 0.6) is 0 Å². The molecular weight excluding hydrogens is 164 g/mol. The zero-order valence-corrected chi connectivity index (χ0v) is 7.67. The molecule has 0 aliphatic carbocycles. The molecule has 4 heteroatoms. The molecule has 0 radical (unpaired) electrons. The molecule has 0 saturated heterocycles. The summed E-state index contributed by atoms with van der Waals surface area (Å²) in [6.07, 6.45) is 0. The third-order valence-electron chi connectivity index (χ3n) is 1.03. The van der Waals surface area contributed by atoms with Gasteiger partial charge in [-0.05, 0) is 6.92 Å². The topological polar surface area (TPSA) is 38.4 Å². The molecule has 0 aromatic carbocycles. The van der Waals surface area contributed by atoms with E-state index in [9.17, 15) is 0 Å². The molecule has 0 saturated carbocycles. The van der Waals surface area contributed by atoms with E-state index in [0.29, 0.717) is 0 Å². The first-order chi connectivity index (χ1) is 4.79. The number of aliphatic imine (C=N–C) groups is 1. The Balaban J connectivity index is 2.13. The van der Waals surface area contributed by atoms with E-state index in [-0.39, 0.29) is 6.04 Å². The van der Waals surface area contributed by atoms with E-state index < -0.39 is 0 Å². The van der Waals surface area contributed by atoms with Crippen LogP contribution in [0, 0.1) is 0 Å². The number of nitrogens with two attached hydrogens (primary N) is 1. The van der Waals surface area contributed by atoms with Crippen molar-refractivity contribution in [3.63, 3.8) is 0 Å². The second-order valence-electron chi connectivity index (χ2n) is 2.28. The van der Waals surface area contributed by atoms with Crippen LogP contribution in [0.25, 0.3) is 0 Å². The monoisotopic (exact) mass is 176 g/mol. The van der Waals surface area contributed by atoms with E-state index in [1.165, 1.54) is 4.38 Å². The van der Waals surface area contributed by atoms with Crippen molar-refractivity contribution in [1.29, 1.82) is 0 Å². The average Bonchev–Trinajstić information content (AvgIpc) is 2.34. The van der Waals surface area contributed by atoms with Crippen molar-refractivity contribution in [2.75, 3.05) is 18.1 Å². The molecule has 1 aliphatic heterocycles. The zero-order valence-electron chi connectivity index (χ0n) is 6.04. The average molecular weight is 176 g/mol. The van der Waals surface area contributed by atoms with Crippen LogP contribution >= 0.6 is 23.5 Å². The maximum absolute atomic E-state index is 5.59. The highest BCUT2D eigenvalue weighted by Crippen LogP contribution is 2.21. The summed E-state index contributed by atoms with van der Waals surface area (Å²) in [6, 6.07) is 0.286. The van der Waals surface area contributed by atoms with E-state index in [4.69, 9.17) is 5.73 Å². The lowest BCUT2D eigenvalue weighted by Crippen LogP contribution is -2.18. The standard InChI is InChI=1S/C6H12N2S2/c1-5(7)4-10-6-8-2-3-9-6/h5H,2-4,7H2,1H3/t5-/m0/s1. The third kappa shape index (κ3) is 2.94. The van der Waals surface area contributed by atoms with Crippen molar-refractivity contribution < 1.29 is 0 Å². The van der Waals surface area contributed by atoms with Gasteiger partial charge in [0.1, 0.15) is 4.38 Å². The Bertz CT molecular complexity index is 134. The molecule has 10 heavy (non-hydrogen) atoms. The molecule has 0 aromatic heterocycles. The number of nitrogens with zero attached hydrogens (tertiary/aromatic N) is 1. The van der Waals surface area contributed by atoms with Crippen LogP contribution in [0.4, 0.5) is 0 Å². The number of hydrogen-bond acceptors (Lipinski definition) is 4. The SMILES string of the molecule is C[C@H](N)CSC1=NCCS1. The van der Waals surface area contributed by atoms with E-state index in [0.717, 1.165) is 18.1 Å². The number of hydrogen-bond donors (Lipinski definition) is 1. The molecule has 1 rings (SSSR count). The van der Waals surface area contributed by atoms with Crippen molar-refractivity contribution in [3.05, 3.63) is 0 Å². The van der Waals surface area contributed by atoms with Gasteiger partial charge in [-0.15, -0.1) is 0 Å². The molecule has 1 atom stereocenters. The van der Waals surface area contributed by atoms with E-state index in [1.54, 1.807) is 11.8 Å². The first kappa shape index (κ1) is 8.43. The van der Waals surface area contributed by atoms with Gasteiger partial charge in [0.05, 0.1) is 6.54 Å². The van der Waals surface area contributed by atoms with Crippen molar-refractivity contribution in [3.8, 4) is 0 Å². The minimum atomic E-state index is 0.286. The second-order valence-corrected chi connectivity index (χ2v) is 4.64. The first-order valence-corrected chi connectivity index (χ1v) is 5.32.